The third-order valence-electron chi connectivity index (χ3n) is 8.14. The van der Waals surface area contributed by atoms with E-state index in [1.54, 1.807) is 0 Å². The Bertz CT molecular complexity index is 1020. The molecule has 0 spiro atoms. The Morgan fingerprint density at radius 1 is 0.912 bits per heavy atom. The fourth-order valence-corrected chi connectivity index (χ4v) is 6.26. The number of amides is 1. The van der Waals surface area contributed by atoms with E-state index in [4.69, 9.17) is 14.4 Å². The van der Waals surface area contributed by atoms with E-state index in [1.807, 2.05) is 6.20 Å². The largest absolute Gasteiger partial charge is 0.428 e. The normalized spacial score (nSPS) is 23.4. The Balaban J connectivity index is 1.24. The van der Waals surface area contributed by atoms with Crippen LogP contribution < -0.4 is 10.2 Å². The molecule has 0 radical (unpaired) electrons. The highest BCUT2D eigenvalue weighted by Crippen LogP contribution is 2.36. The van der Waals surface area contributed by atoms with Crippen molar-refractivity contribution in [1.82, 2.24) is 19.9 Å². The molecule has 2 aliphatic heterocycles. The molecule has 0 bridgehead atoms. The van der Waals surface area contributed by atoms with Crippen molar-refractivity contribution >= 4 is 23.7 Å². The topological polar surface area (TPSA) is 87.4 Å². The van der Waals surface area contributed by atoms with Crippen molar-refractivity contribution in [3.63, 3.8) is 0 Å². The second kappa shape index (κ2) is 9.55. The minimum absolute atomic E-state index is 0.148. The summed E-state index contributed by atoms with van der Waals surface area (Å²) in [4.78, 5) is 32.0. The van der Waals surface area contributed by atoms with Crippen molar-refractivity contribution in [2.75, 3.05) is 29.9 Å². The van der Waals surface area contributed by atoms with Gasteiger partial charge in [-0.25, -0.2) is 9.97 Å². The van der Waals surface area contributed by atoms with Gasteiger partial charge in [0.15, 0.2) is 0 Å². The van der Waals surface area contributed by atoms with Gasteiger partial charge in [-0.05, 0) is 64.2 Å². The molecule has 2 aliphatic carbocycles. The lowest BCUT2D eigenvalue weighted by atomic mass is 9.88. The zero-order chi connectivity index (χ0) is 22.9. The van der Waals surface area contributed by atoms with Gasteiger partial charge in [-0.15, -0.1) is 0 Å². The van der Waals surface area contributed by atoms with Crippen molar-refractivity contribution in [2.24, 2.45) is 0 Å². The van der Waals surface area contributed by atoms with E-state index in [9.17, 15) is 4.79 Å². The molecule has 8 heteroatoms. The molecule has 2 saturated heterocycles. The summed E-state index contributed by atoms with van der Waals surface area (Å²) in [5, 5.41) is 3.38. The number of nitrogens with zero attached hydrogens (tertiary/aromatic N) is 5. The summed E-state index contributed by atoms with van der Waals surface area (Å²) in [6.07, 6.45) is 16.4. The lowest BCUT2D eigenvalue weighted by Gasteiger charge is -2.32. The van der Waals surface area contributed by atoms with Crippen LogP contribution in [0.2, 0.25) is 0 Å². The Kier molecular flexibility index (Phi) is 6.14. The zero-order valence-corrected chi connectivity index (χ0v) is 20.1. The van der Waals surface area contributed by atoms with Gasteiger partial charge in [0, 0.05) is 31.1 Å². The number of piperidine rings is 1. The van der Waals surface area contributed by atoms with Crippen molar-refractivity contribution in [1.29, 1.82) is 0 Å². The van der Waals surface area contributed by atoms with E-state index in [2.05, 4.69) is 20.1 Å². The SMILES string of the molecule is O=C([C@H]1CCCN1c1nc2c(c(Nc3ncc(C4CCCCC4)o3)n1)CCC2)N1CCCCC1. The van der Waals surface area contributed by atoms with Crippen molar-refractivity contribution in [2.45, 2.75) is 95.4 Å². The molecule has 1 amide bonds. The standard InChI is InChI=1S/C26H36N6O2/c33-24(31-14-5-2-6-15-31)21-13-8-16-32(21)25-28-20-12-7-11-19(20)23(29-25)30-26-27-17-22(34-26)18-9-3-1-4-10-18/h17-18,21H,1-16H2,(H,27,28,29,30)/t21-/m1/s1. The third-order valence-corrected chi connectivity index (χ3v) is 8.14. The summed E-state index contributed by atoms with van der Waals surface area (Å²) in [6.45, 7) is 2.59. The van der Waals surface area contributed by atoms with Crippen LogP contribution in [0.3, 0.4) is 0 Å². The number of oxazole rings is 1. The molecular formula is C26H36N6O2. The summed E-state index contributed by atoms with van der Waals surface area (Å²) in [5.74, 6) is 3.19. The highest BCUT2D eigenvalue weighted by atomic mass is 16.4. The van der Waals surface area contributed by atoms with Crippen LogP contribution >= 0.6 is 0 Å². The van der Waals surface area contributed by atoms with Crippen LogP contribution in [-0.2, 0) is 17.6 Å². The Morgan fingerprint density at radius 2 is 1.74 bits per heavy atom. The first-order valence-corrected chi connectivity index (χ1v) is 13.4. The molecule has 4 heterocycles. The van der Waals surface area contributed by atoms with E-state index in [-0.39, 0.29) is 11.9 Å². The Labute approximate surface area is 201 Å². The molecule has 2 aromatic rings. The average molecular weight is 465 g/mol. The number of fused-ring (bicyclic) bond motifs is 1. The van der Waals surface area contributed by atoms with E-state index in [0.29, 0.717) is 17.9 Å². The molecule has 2 aromatic heterocycles. The molecule has 0 unspecified atom stereocenters. The number of anilines is 3. The number of nitrogens with one attached hydrogen (secondary N) is 1. The van der Waals surface area contributed by atoms with Crippen LogP contribution in [0.25, 0.3) is 0 Å². The monoisotopic (exact) mass is 464 g/mol. The maximum atomic E-state index is 13.3. The lowest BCUT2D eigenvalue weighted by molar-refractivity contribution is -0.133. The summed E-state index contributed by atoms with van der Waals surface area (Å²) < 4.78 is 6.13. The first kappa shape index (κ1) is 21.9. The molecule has 1 atom stereocenters. The zero-order valence-electron chi connectivity index (χ0n) is 20.1. The Morgan fingerprint density at radius 3 is 2.59 bits per heavy atom. The van der Waals surface area contributed by atoms with Gasteiger partial charge in [0.05, 0.1) is 11.9 Å². The van der Waals surface area contributed by atoms with Crippen LogP contribution in [0.1, 0.15) is 93.6 Å². The Hall–Kier alpha value is -2.64. The van der Waals surface area contributed by atoms with Crippen LogP contribution in [0.5, 0.6) is 0 Å². The molecular weight excluding hydrogens is 428 g/mol. The average Bonchev–Trinajstić information content (AvgIpc) is 3.65. The van der Waals surface area contributed by atoms with Gasteiger partial charge < -0.3 is 14.2 Å². The molecule has 1 saturated carbocycles. The second-order valence-corrected chi connectivity index (χ2v) is 10.4. The molecule has 3 fully saturated rings. The predicted octanol–water partition coefficient (Wildman–Crippen LogP) is 4.73. The highest BCUT2D eigenvalue weighted by molar-refractivity contribution is 5.85. The first-order valence-electron chi connectivity index (χ1n) is 13.4. The van der Waals surface area contributed by atoms with Gasteiger partial charge in [0.1, 0.15) is 17.6 Å². The van der Waals surface area contributed by atoms with Crippen molar-refractivity contribution in [3.8, 4) is 0 Å². The quantitative estimate of drug-likeness (QED) is 0.685. The van der Waals surface area contributed by atoms with Gasteiger partial charge in [-0.3, -0.25) is 10.1 Å². The molecule has 4 aliphatic rings. The van der Waals surface area contributed by atoms with E-state index < -0.39 is 0 Å². The molecule has 1 N–H and O–H groups in total. The van der Waals surface area contributed by atoms with Crippen LogP contribution in [0.4, 0.5) is 17.8 Å². The van der Waals surface area contributed by atoms with Gasteiger partial charge in [0.2, 0.25) is 11.9 Å². The summed E-state index contributed by atoms with van der Waals surface area (Å²) >= 11 is 0. The minimum atomic E-state index is -0.148. The highest BCUT2D eigenvalue weighted by Gasteiger charge is 2.36. The maximum Gasteiger partial charge on any atom is 0.300 e. The number of aryl methyl sites for hydroxylation is 1. The number of aromatic nitrogens is 3. The number of carbonyl (C=O) groups is 1. The number of likely N-dealkylation sites (tertiary alicyclic amines) is 1. The molecule has 8 nitrogen and oxygen atoms in total. The van der Waals surface area contributed by atoms with E-state index >= 15 is 0 Å². The van der Waals surface area contributed by atoms with Gasteiger partial charge in [-0.1, -0.05) is 19.3 Å². The van der Waals surface area contributed by atoms with Crippen molar-refractivity contribution in [3.05, 3.63) is 23.2 Å². The number of carbonyl (C=O) groups excluding carboxylic acids is 1. The van der Waals surface area contributed by atoms with Gasteiger partial charge in [-0.2, -0.15) is 4.98 Å². The predicted molar refractivity (Wildman–Crippen MR) is 130 cm³/mol. The summed E-state index contributed by atoms with van der Waals surface area (Å²) in [7, 11) is 0. The van der Waals surface area contributed by atoms with E-state index in [1.165, 1.54) is 44.1 Å². The summed E-state index contributed by atoms with van der Waals surface area (Å²) in [5.41, 5.74) is 2.27. The van der Waals surface area contributed by atoms with E-state index in [0.717, 1.165) is 81.9 Å². The van der Waals surface area contributed by atoms with Gasteiger partial charge in [0.25, 0.3) is 0 Å². The maximum absolute atomic E-state index is 13.3. The number of hydrogen-bond acceptors (Lipinski definition) is 7. The minimum Gasteiger partial charge on any atom is -0.428 e. The smallest absolute Gasteiger partial charge is 0.300 e. The molecule has 34 heavy (non-hydrogen) atoms. The first-order chi connectivity index (χ1) is 16.8. The fourth-order valence-electron chi connectivity index (χ4n) is 6.26. The summed E-state index contributed by atoms with van der Waals surface area (Å²) in [6, 6.07) is 0.367. The second-order valence-electron chi connectivity index (χ2n) is 10.4. The number of hydrogen-bond donors (Lipinski definition) is 1. The fraction of sp³-hybridized carbons (Fsp3) is 0.692. The molecule has 0 aromatic carbocycles. The molecule has 182 valence electrons. The number of rotatable bonds is 5. The third kappa shape index (κ3) is 4.27. The van der Waals surface area contributed by atoms with Crippen LogP contribution in [0.15, 0.2) is 10.6 Å². The van der Waals surface area contributed by atoms with Crippen molar-refractivity contribution < 1.29 is 9.21 Å². The molecule has 6 rings (SSSR count). The lowest BCUT2D eigenvalue weighted by Crippen LogP contribution is -2.48. The van der Waals surface area contributed by atoms with Crippen LogP contribution in [-0.4, -0.2) is 51.4 Å². The van der Waals surface area contributed by atoms with Crippen LogP contribution in [0, 0.1) is 0 Å². The van der Waals surface area contributed by atoms with Gasteiger partial charge >= 0.3 is 6.01 Å².